The SMILES string of the molecule is CN(Cc1ccsc1)S(=O)(=O)N1CCCC(CO)C1. The Balaban J connectivity index is 2.04. The number of hydrogen-bond acceptors (Lipinski definition) is 4. The van der Waals surface area contributed by atoms with Crippen molar-refractivity contribution >= 4 is 21.5 Å². The molecule has 108 valence electrons. The van der Waals surface area contributed by atoms with Crippen molar-refractivity contribution in [1.82, 2.24) is 8.61 Å². The van der Waals surface area contributed by atoms with Gasteiger partial charge in [-0.1, -0.05) is 0 Å². The Kier molecular flexibility index (Phi) is 4.97. The maximum atomic E-state index is 12.4. The molecule has 7 heteroatoms. The van der Waals surface area contributed by atoms with E-state index in [0.717, 1.165) is 18.4 Å². The average Bonchev–Trinajstić information content (AvgIpc) is 2.91. The normalized spacial score (nSPS) is 21.9. The van der Waals surface area contributed by atoms with Crippen LogP contribution in [0.3, 0.4) is 0 Å². The minimum atomic E-state index is -3.42. The third-order valence-corrected chi connectivity index (χ3v) is 6.08. The van der Waals surface area contributed by atoms with Crippen LogP contribution in [0.2, 0.25) is 0 Å². The van der Waals surface area contributed by atoms with Crippen molar-refractivity contribution in [2.45, 2.75) is 19.4 Å². The number of piperidine rings is 1. The molecule has 1 aromatic heterocycles. The lowest BCUT2D eigenvalue weighted by Gasteiger charge is -2.33. The minimum Gasteiger partial charge on any atom is -0.396 e. The highest BCUT2D eigenvalue weighted by atomic mass is 32.2. The molecule has 1 aliphatic heterocycles. The van der Waals surface area contributed by atoms with E-state index in [9.17, 15) is 13.5 Å². The Labute approximate surface area is 118 Å². The zero-order chi connectivity index (χ0) is 13.9. The van der Waals surface area contributed by atoms with E-state index in [2.05, 4.69) is 0 Å². The third-order valence-electron chi connectivity index (χ3n) is 3.45. The molecule has 2 heterocycles. The lowest BCUT2D eigenvalue weighted by molar-refractivity contribution is 0.161. The van der Waals surface area contributed by atoms with Gasteiger partial charge in [0.15, 0.2) is 0 Å². The molecule has 1 saturated heterocycles. The van der Waals surface area contributed by atoms with Gasteiger partial charge >= 0.3 is 0 Å². The molecule has 0 spiro atoms. The van der Waals surface area contributed by atoms with E-state index in [0.29, 0.717) is 19.6 Å². The summed E-state index contributed by atoms with van der Waals surface area (Å²) in [6.45, 7) is 1.42. The van der Waals surface area contributed by atoms with Crippen LogP contribution in [0.1, 0.15) is 18.4 Å². The van der Waals surface area contributed by atoms with Crippen LogP contribution < -0.4 is 0 Å². The van der Waals surface area contributed by atoms with Crippen LogP contribution in [-0.2, 0) is 16.8 Å². The number of aliphatic hydroxyl groups is 1. The predicted molar refractivity (Wildman–Crippen MR) is 76.1 cm³/mol. The maximum absolute atomic E-state index is 12.4. The van der Waals surface area contributed by atoms with Gasteiger partial charge < -0.3 is 5.11 Å². The first-order chi connectivity index (χ1) is 9.04. The summed E-state index contributed by atoms with van der Waals surface area (Å²) in [5.41, 5.74) is 1.01. The first kappa shape index (κ1) is 14.9. The Morgan fingerprint density at radius 1 is 1.58 bits per heavy atom. The molecule has 1 unspecified atom stereocenters. The Morgan fingerprint density at radius 2 is 2.37 bits per heavy atom. The van der Waals surface area contributed by atoms with E-state index in [1.165, 1.54) is 8.61 Å². The molecule has 0 amide bonds. The number of aliphatic hydroxyl groups excluding tert-OH is 1. The lowest BCUT2D eigenvalue weighted by atomic mass is 10.0. The predicted octanol–water partition coefficient (Wildman–Crippen LogP) is 1.13. The van der Waals surface area contributed by atoms with Gasteiger partial charge in [0.25, 0.3) is 10.2 Å². The van der Waals surface area contributed by atoms with Gasteiger partial charge in [-0.05, 0) is 41.1 Å². The maximum Gasteiger partial charge on any atom is 0.282 e. The van der Waals surface area contributed by atoms with Crippen LogP contribution in [0.25, 0.3) is 0 Å². The van der Waals surface area contributed by atoms with Crippen LogP contribution in [-0.4, -0.2) is 48.9 Å². The summed E-state index contributed by atoms with van der Waals surface area (Å²) in [5.74, 6) is 0.0677. The van der Waals surface area contributed by atoms with Gasteiger partial charge in [0.1, 0.15) is 0 Å². The first-order valence-electron chi connectivity index (χ1n) is 6.37. The highest BCUT2D eigenvalue weighted by molar-refractivity contribution is 7.86. The van der Waals surface area contributed by atoms with Crippen molar-refractivity contribution in [2.24, 2.45) is 5.92 Å². The van der Waals surface area contributed by atoms with Gasteiger partial charge in [0, 0.05) is 33.3 Å². The molecule has 0 saturated carbocycles. The molecule has 5 nitrogen and oxygen atoms in total. The molecular formula is C12H20N2O3S2. The topological polar surface area (TPSA) is 60.9 Å². The summed E-state index contributed by atoms with van der Waals surface area (Å²) in [6.07, 6.45) is 1.72. The molecule has 2 rings (SSSR count). The van der Waals surface area contributed by atoms with Crippen LogP contribution in [0.5, 0.6) is 0 Å². The summed E-state index contributed by atoms with van der Waals surface area (Å²) in [5, 5.41) is 13.1. The summed E-state index contributed by atoms with van der Waals surface area (Å²) in [7, 11) is -1.81. The summed E-state index contributed by atoms with van der Waals surface area (Å²) in [6, 6.07) is 1.93. The quantitative estimate of drug-likeness (QED) is 0.887. The van der Waals surface area contributed by atoms with Crippen LogP contribution in [0.15, 0.2) is 16.8 Å². The molecule has 0 radical (unpaired) electrons. The lowest BCUT2D eigenvalue weighted by Crippen LogP contribution is -2.46. The van der Waals surface area contributed by atoms with E-state index >= 15 is 0 Å². The molecule has 1 fully saturated rings. The zero-order valence-electron chi connectivity index (χ0n) is 11.0. The van der Waals surface area contributed by atoms with E-state index < -0.39 is 10.2 Å². The summed E-state index contributed by atoms with van der Waals surface area (Å²) < 4.78 is 27.8. The van der Waals surface area contributed by atoms with Crippen LogP contribution in [0.4, 0.5) is 0 Å². The summed E-state index contributed by atoms with van der Waals surface area (Å²) in [4.78, 5) is 0. The zero-order valence-corrected chi connectivity index (χ0v) is 12.7. The van der Waals surface area contributed by atoms with Crippen molar-refractivity contribution in [2.75, 3.05) is 26.7 Å². The molecule has 0 bridgehead atoms. The number of rotatable bonds is 5. The number of nitrogens with zero attached hydrogens (tertiary/aromatic N) is 2. The monoisotopic (exact) mass is 304 g/mol. The second kappa shape index (κ2) is 6.32. The minimum absolute atomic E-state index is 0.0558. The Morgan fingerprint density at radius 3 is 3.00 bits per heavy atom. The van der Waals surface area contributed by atoms with Gasteiger partial charge in [-0.25, -0.2) is 0 Å². The van der Waals surface area contributed by atoms with Crippen molar-refractivity contribution in [1.29, 1.82) is 0 Å². The second-order valence-corrected chi connectivity index (χ2v) is 7.76. The van der Waals surface area contributed by atoms with E-state index in [4.69, 9.17) is 0 Å². The van der Waals surface area contributed by atoms with Gasteiger partial charge in [0.05, 0.1) is 0 Å². The van der Waals surface area contributed by atoms with Crippen molar-refractivity contribution in [3.8, 4) is 0 Å². The summed E-state index contributed by atoms with van der Waals surface area (Å²) >= 11 is 1.56. The fourth-order valence-electron chi connectivity index (χ4n) is 2.30. The third kappa shape index (κ3) is 3.55. The molecule has 0 aromatic carbocycles. The molecule has 0 aliphatic carbocycles. The largest absolute Gasteiger partial charge is 0.396 e. The van der Waals surface area contributed by atoms with Gasteiger partial charge in [-0.3, -0.25) is 0 Å². The molecule has 1 N–H and O–H groups in total. The molecule has 1 aromatic rings. The standard InChI is InChI=1S/C12H20N2O3S2/c1-13(7-12-4-6-18-10-12)19(16,17)14-5-2-3-11(8-14)9-15/h4,6,10-11,15H,2-3,5,7-9H2,1H3. The van der Waals surface area contributed by atoms with Gasteiger partial charge in [-0.2, -0.15) is 28.4 Å². The van der Waals surface area contributed by atoms with Crippen molar-refractivity contribution in [3.05, 3.63) is 22.4 Å². The molecule has 19 heavy (non-hydrogen) atoms. The number of hydrogen-bond donors (Lipinski definition) is 1. The second-order valence-electron chi connectivity index (χ2n) is 4.94. The van der Waals surface area contributed by atoms with Gasteiger partial charge in [0.2, 0.25) is 0 Å². The smallest absolute Gasteiger partial charge is 0.282 e. The van der Waals surface area contributed by atoms with Crippen LogP contribution in [0, 0.1) is 5.92 Å². The fraction of sp³-hybridized carbons (Fsp3) is 0.667. The number of thiophene rings is 1. The molecular weight excluding hydrogens is 284 g/mol. The average molecular weight is 304 g/mol. The van der Waals surface area contributed by atoms with E-state index in [-0.39, 0.29) is 12.5 Å². The van der Waals surface area contributed by atoms with Gasteiger partial charge in [-0.15, -0.1) is 0 Å². The van der Waals surface area contributed by atoms with Crippen LogP contribution >= 0.6 is 11.3 Å². The Bertz CT molecular complexity index is 487. The van der Waals surface area contributed by atoms with Crippen molar-refractivity contribution < 1.29 is 13.5 Å². The fourth-order valence-corrected chi connectivity index (χ4v) is 4.43. The molecule has 1 atom stereocenters. The highest BCUT2D eigenvalue weighted by Gasteiger charge is 2.31. The highest BCUT2D eigenvalue weighted by Crippen LogP contribution is 2.21. The Hall–Kier alpha value is -0.470. The van der Waals surface area contributed by atoms with Crippen molar-refractivity contribution in [3.63, 3.8) is 0 Å². The van der Waals surface area contributed by atoms with E-state index in [1.807, 2.05) is 16.8 Å². The molecule has 1 aliphatic rings. The van der Waals surface area contributed by atoms with E-state index in [1.54, 1.807) is 18.4 Å². The first-order valence-corrected chi connectivity index (χ1v) is 8.71.